The van der Waals surface area contributed by atoms with Crippen LogP contribution in [0.25, 0.3) is 0 Å². The van der Waals surface area contributed by atoms with Gasteiger partial charge in [0.15, 0.2) is 5.82 Å². The Bertz CT molecular complexity index is 301. The Labute approximate surface area is 87.7 Å². The average Bonchev–Trinajstić information content (AvgIpc) is 2.52. The van der Waals surface area contributed by atoms with Gasteiger partial charge in [-0.15, -0.1) is 0 Å². The molecule has 6 heteroatoms. The Kier molecular flexibility index (Phi) is 4.45. The molecule has 1 aromatic heterocycles. The van der Waals surface area contributed by atoms with E-state index in [0.717, 1.165) is 0 Å². The summed E-state index contributed by atoms with van der Waals surface area (Å²) in [6.07, 6.45) is 1.01. The fraction of sp³-hybridized carbons (Fsp3) is 0.625. The van der Waals surface area contributed by atoms with Gasteiger partial charge in [0.05, 0.1) is 0 Å². The topological polar surface area (TPSA) is 68.0 Å². The fourth-order valence-corrected chi connectivity index (χ4v) is 1.14. The van der Waals surface area contributed by atoms with Gasteiger partial charge in [0.25, 0.3) is 0 Å². The van der Waals surface area contributed by atoms with Gasteiger partial charge < -0.3 is 9.84 Å². The summed E-state index contributed by atoms with van der Waals surface area (Å²) in [7, 11) is 0. The third kappa shape index (κ3) is 3.78. The second kappa shape index (κ2) is 5.64. The van der Waals surface area contributed by atoms with E-state index in [1.807, 2.05) is 0 Å². The molecule has 0 atom stereocenters. The van der Waals surface area contributed by atoms with Crippen LogP contribution >= 0.6 is 12.6 Å². The summed E-state index contributed by atoms with van der Waals surface area (Å²) >= 11 is 3.95. The molecule has 1 aromatic rings. The Morgan fingerprint density at radius 1 is 1.64 bits per heavy atom. The third-order valence-corrected chi connectivity index (χ3v) is 1.79. The van der Waals surface area contributed by atoms with Gasteiger partial charge in [-0.2, -0.15) is 17.6 Å². The standard InChI is InChI=1S/C8H13N3O2S/c1-6-10-8(13-11-6)2-4-9-7(12)3-5-14/h14H,2-5H2,1H3,(H,9,12). The van der Waals surface area contributed by atoms with Crippen LogP contribution in [-0.2, 0) is 11.2 Å². The van der Waals surface area contributed by atoms with Gasteiger partial charge in [-0.05, 0) is 12.7 Å². The van der Waals surface area contributed by atoms with Crippen LogP contribution < -0.4 is 5.32 Å². The van der Waals surface area contributed by atoms with Crippen molar-refractivity contribution in [2.45, 2.75) is 19.8 Å². The molecule has 0 spiro atoms. The zero-order chi connectivity index (χ0) is 10.4. The molecule has 0 fully saturated rings. The van der Waals surface area contributed by atoms with Crippen LogP contribution in [0.5, 0.6) is 0 Å². The maximum absolute atomic E-state index is 11.0. The van der Waals surface area contributed by atoms with Crippen molar-refractivity contribution in [2.75, 3.05) is 12.3 Å². The number of hydrogen-bond donors (Lipinski definition) is 2. The molecule has 1 heterocycles. The van der Waals surface area contributed by atoms with Gasteiger partial charge in [-0.3, -0.25) is 4.79 Å². The normalized spacial score (nSPS) is 10.1. The van der Waals surface area contributed by atoms with Crippen LogP contribution in [0.4, 0.5) is 0 Å². The van der Waals surface area contributed by atoms with Gasteiger partial charge in [-0.1, -0.05) is 5.16 Å². The first-order valence-corrected chi connectivity index (χ1v) is 5.02. The summed E-state index contributed by atoms with van der Waals surface area (Å²) in [5.41, 5.74) is 0. The second-order valence-electron chi connectivity index (χ2n) is 2.81. The summed E-state index contributed by atoms with van der Waals surface area (Å²) in [5, 5.41) is 6.37. The van der Waals surface area contributed by atoms with Crippen LogP contribution in [0.1, 0.15) is 18.1 Å². The van der Waals surface area contributed by atoms with E-state index in [4.69, 9.17) is 4.52 Å². The minimum absolute atomic E-state index is 0.00348. The van der Waals surface area contributed by atoms with Crippen LogP contribution in [-0.4, -0.2) is 28.3 Å². The lowest BCUT2D eigenvalue weighted by Crippen LogP contribution is -2.25. The van der Waals surface area contributed by atoms with E-state index in [1.54, 1.807) is 6.92 Å². The van der Waals surface area contributed by atoms with Crippen molar-refractivity contribution >= 4 is 18.5 Å². The molecular weight excluding hydrogens is 202 g/mol. The molecule has 0 aliphatic rings. The number of aromatic nitrogens is 2. The maximum atomic E-state index is 11.0. The number of rotatable bonds is 5. The highest BCUT2D eigenvalue weighted by atomic mass is 32.1. The lowest BCUT2D eigenvalue weighted by atomic mass is 10.4. The van der Waals surface area contributed by atoms with E-state index >= 15 is 0 Å². The second-order valence-corrected chi connectivity index (χ2v) is 3.26. The SMILES string of the molecule is Cc1noc(CCNC(=O)CCS)n1. The van der Waals surface area contributed by atoms with Gasteiger partial charge in [-0.25, -0.2) is 0 Å². The predicted octanol–water partition coefficient (Wildman–Crippen LogP) is 0.357. The average molecular weight is 215 g/mol. The Morgan fingerprint density at radius 3 is 3.00 bits per heavy atom. The summed E-state index contributed by atoms with van der Waals surface area (Å²) in [6.45, 7) is 2.28. The number of carbonyl (C=O) groups is 1. The molecule has 0 aliphatic carbocycles. The van der Waals surface area contributed by atoms with E-state index in [1.165, 1.54) is 0 Å². The van der Waals surface area contributed by atoms with Crippen LogP contribution in [0.2, 0.25) is 0 Å². The van der Waals surface area contributed by atoms with Gasteiger partial charge in [0, 0.05) is 19.4 Å². The van der Waals surface area contributed by atoms with Crippen molar-refractivity contribution in [1.29, 1.82) is 0 Å². The van der Waals surface area contributed by atoms with Crippen molar-refractivity contribution in [3.8, 4) is 0 Å². The molecule has 5 nitrogen and oxygen atoms in total. The van der Waals surface area contributed by atoms with E-state index in [-0.39, 0.29) is 5.91 Å². The molecule has 0 saturated heterocycles. The predicted molar refractivity (Wildman–Crippen MR) is 54.2 cm³/mol. The van der Waals surface area contributed by atoms with Gasteiger partial charge >= 0.3 is 0 Å². The van der Waals surface area contributed by atoms with Crippen LogP contribution in [0.15, 0.2) is 4.52 Å². The van der Waals surface area contributed by atoms with Crippen molar-refractivity contribution in [3.05, 3.63) is 11.7 Å². The molecule has 1 amide bonds. The van der Waals surface area contributed by atoms with E-state index < -0.39 is 0 Å². The van der Waals surface area contributed by atoms with E-state index in [0.29, 0.717) is 36.9 Å². The molecule has 0 bridgehead atoms. The van der Waals surface area contributed by atoms with E-state index in [2.05, 4.69) is 28.1 Å². The Morgan fingerprint density at radius 2 is 2.43 bits per heavy atom. The highest BCUT2D eigenvalue weighted by Crippen LogP contribution is 1.95. The largest absolute Gasteiger partial charge is 0.356 e. The molecule has 0 radical (unpaired) electrons. The Hall–Kier alpha value is -1.04. The highest BCUT2D eigenvalue weighted by Gasteiger charge is 2.03. The first kappa shape index (κ1) is 11.0. The summed E-state index contributed by atoms with van der Waals surface area (Å²) in [5.74, 6) is 1.72. The number of hydrogen-bond acceptors (Lipinski definition) is 5. The molecule has 0 aromatic carbocycles. The molecule has 0 saturated carbocycles. The zero-order valence-electron chi connectivity index (χ0n) is 7.99. The first-order valence-electron chi connectivity index (χ1n) is 4.39. The minimum Gasteiger partial charge on any atom is -0.356 e. The molecule has 0 aliphatic heterocycles. The Balaban J connectivity index is 2.18. The molecule has 1 rings (SSSR count). The summed E-state index contributed by atoms with van der Waals surface area (Å²) in [6, 6.07) is 0. The van der Waals surface area contributed by atoms with Crippen molar-refractivity contribution in [3.63, 3.8) is 0 Å². The number of thiol groups is 1. The number of nitrogens with one attached hydrogen (secondary N) is 1. The third-order valence-electron chi connectivity index (χ3n) is 1.57. The van der Waals surface area contributed by atoms with Crippen molar-refractivity contribution in [2.24, 2.45) is 0 Å². The molecule has 14 heavy (non-hydrogen) atoms. The van der Waals surface area contributed by atoms with Crippen molar-refractivity contribution < 1.29 is 9.32 Å². The molecule has 0 unspecified atom stereocenters. The summed E-state index contributed by atoms with van der Waals surface area (Å²) < 4.78 is 4.88. The molecule has 78 valence electrons. The molecular formula is C8H13N3O2S. The lowest BCUT2D eigenvalue weighted by molar-refractivity contribution is -0.120. The number of carbonyl (C=O) groups excluding carboxylic acids is 1. The van der Waals surface area contributed by atoms with Crippen LogP contribution in [0, 0.1) is 6.92 Å². The van der Waals surface area contributed by atoms with Crippen molar-refractivity contribution in [1.82, 2.24) is 15.5 Å². The number of amides is 1. The first-order chi connectivity index (χ1) is 6.72. The quantitative estimate of drug-likeness (QED) is 0.696. The van der Waals surface area contributed by atoms with Gasteiger partial charge in [0.2, 0.25) is 11.8 Å². The zero-order valence-corrected chi connectivity index (χ0v) is 8.88. The highest BCUT2D eigenvalue weighted by molar-refractivity contribution is 7.80. The number of aryl methyl sites for hydroxylation is 1. The maximum Gasteiger partial charge on any atom is 0.228 e. The lowest BCUT2D eigenvalue weighted by Gasteiger charge is -2.00. The smallest absolute Gasteiger partial charge is 0.228 e. The van der Waals surface area contributed by atoms with Crippen LogP contribution in [0.3, 0.4) is 0 Å². The summed E-state index contributed by atoms with van der Waals surface area (Å²) in [4.78, 5) is 15.0. The minimum atomic E-state index is -0.00348. The monoisotopic (exact) mass is 215 g/mol. The fourth-order valence-electron chi connectivity index (χ4n) is 0.940. The number of nitrogens with zero attached hydrogens (tertiary/aromatic N) is 2. The van der Waals surface area contributed by atoms with Gasteiger partial charge in [0.1, 0.15) is 0 Å². The molecule has 1 N–H and O–H groups in total. The van der Waals surface area contributed by atoms with E-state index in [9.17, 15) is 4.79 Å².